The largest absolute Gasteiger partial charge is 0.497 e. The lowest BCUT2D eigenvalue weighted by Gasteiger charge is -2.38. The van der Waals surface area contributed by atoms with Gasteiger partial charge in [-0.2, -0.15) is 0 Å². The third-order valence-electron chi connectivity index (χ3n) is 8.26. The minimum Gasteiger partial charge on any atom is -0.497 e. The van der Waals surface area contributed by atoms with Gasteiger partial charge in [0.05, 0.1) is 30.6 Å². The quantitative estimate of drug-likeness (QED) is 0.199. The van der Waals surface area contributed by atoms with Gasteiger partial charge in [0.1, 0.15) is 11.5 Å². The van der Waals surface area contributed by atoms with E-state index in [1.54, 1.807) is 13.2 Å². The first-order chi connectivity index (χ1) is 19.0. The second-order valence-corrected chi connectivity index (χ2v) is 10.4. The van der Waals surface area contributed by atoms with Gasteiger partial charge in [-0.1, -0.05) is 66.7 Å². The van der Waals surface area contributed by atoms with Crippen LogP contribution in [0.5, 0.6) is 11.5 Å². The van der Waals surface area contributed by atoms with Crippen LogP contribution in [0.1, 0.15) is 22.6 Å². The maximum Gasteiger partial charge on any atom is 0.319 e. The molecule has 4 atom stereocenters. The lowest BCUT2D eigenvalue weighted by molar-refractivity contribution is -0.142. The number of fused-ring (bicyclic) bond motifs is 6. The van der Waals surface area contributed by atoms with Crippen molar-refractivity contribution in [2.45, 2.75) is 12.8 Å². The van der Waals surface area contributed by atoms with Crippen LogP contribution in [0.4, 0.5) is 5.69 Å². The Morgan fingerprint density at radius 1 is 0.821 bits per heavy atom. The van der Waals surface area contributed by atoms with E-state index in [2.05, 4.69) is 0 Å². The number of carbonyl (C=O) groups is 3. The Labute approximate surface area is 225 Å². The molecule has 1 saturated heterocycles. The molecule has 0 unspecified atom stereocenters. The number of anilines is 1. The molecule has 2 heterocycles. The van der Waals surface area contributed by atoms with Crippen molar-refractivity contribution in [1.82, 2.24) is 0 Å². The first-order valence-electron chi connectivity index (χ1n) is 13.0. The number of nitrogens with zero attached hydrogens (tertiary/aromatic N) is 1. The Hall–Kier alpha value is -4.71. The van der Waals surface area contributed by atoms with Crippen molar-refractivity contribution in [3.8, 4) is 11.5 Å². The number of allylic oxidation sites excluding steroid dienone is 1. The molecular weight excluding hydrogens is 490 g/mol. The summed E-state index contributed by atoms with van der Waals surface area (Å²) in [6, 6.07) is 26.6. The van der Waals surface area contributed by atoms with Gasteiger partial charge in [-0.05, 0) is 53.3 Å². The monoisotopic (exact) mass is 515 g/mol. The van der Waals surface area contributed by atoms with Gasteiger partial charge in [0.25, 0.3) is 0 Å². The molecule has 4 aromatic carbocycles. The number of aryl methyl sites for hydroxylation is 1. The first-order valence-corrected chi connectivity index (χ1v) is 13.0. The highest BCUT2D eigenvalue weighted by atomic mass is 16.5. The third-order valence-corrected chi connectivity index (χ3v) is 8.26. The number of carbonyl (C=O) groups excluding carboxylic acids is 3. The van der Waals surface area contributed by atoms with Crippen LogP contribution in [0.25, 0.3) is 16.3 Å². The van der Waals surface area contributed by atoms with E-state index >= 15 is 0 Å². The summed E-state index contributed by atoms with van der Waals surface area (Å²) >= 11 is 0. The summed E-state index contributed by atoms with van der Waals surface area (Å²) in [5, 5.41) is 1.74. The minimum absolute atomic E-state index is 0.306. The van der Waals surface area contributed by atoms with Gasteiger partial charge in [0, 0.05) is 16.9 Å². The van der Waals surface area contributed by atoms with Crippen LogP contribution in [-0.2, 0) is 14.4 Å². The van der Waals surface area contributed by atoms with E-state index in [4.69, 9.17) is 9.47 Å². The van der Waals surface area contributed by atoms with Gasteiger partial charge in [0.2, 0.25) is 11.8 Å². The first kappa shape index (κ1) is 23.4. The Kier molecular flexibility index (Phi) is 5.20. The third kappa shape index (κ3) is 3.44. The number of hydrogen-bond donors (Lipinski definition) is 0. The van der Waals surface area contributed by atoms with Crippen molar-refractivity contribution in [1.29, 1.82) is 0 Å². The Morgan fingerprint density at radius 2 is 1.56 bits per heavy atom. The van der Waals surface area contributed by atoms with Crippen LogP contribution in [-0.4, -0.2) is 24.9 Å². The predicted molar refractivity (Wildman–Crippen MR) is 147 cm³/mol. The Balaban J connectivity index is 1.43. The number of rotatable bonds is 3. The van der Waals surface area contributed by atoms with Gasteiger partial charge >= 0.3 is 5.97 Å². The molecule has 6 heteroatoms. The van der Waals surface area contributed by atoms with Gasteiger partial charge in [-0.3, -0.25) is 14.4 Å². The number of ether oxygens (including phenoxy) is 2. The summed E-state index contributed by atoms with van der Waals surface area (Å²) < 4.78 is 11.1. The van der Waals surface area contributed by atoms with E-state index in [0.29, 0.717) is 17.2 Å². The molecule has 0 aromatic heterocycles. The van der Waals surface area contributed by atoms with Crippen molar-refractivity contribution >= 4 is 39.8 Å². The zero-order valence-corrected chi connectivity index (χ0v) is 21.5. The van der Waals surface area contributed by atoms with Crippen LogP contribution >= 0.6 is 0 Å². The second kappa shape index (κ2) is 8.67. The summed E-state index contributed by atoms with van der Waals surface area (Å²) in [6.45, 7) is 1.94. The number of hydrogen-bond acceptors (Lipinski definition) is 5. The number of benzene rings is 4. The van der Waals surface area contributed by atoms with E-state index in [9.17, 15) is 14.4 Å². The minimum atomic E-state index is -0.884. The van der Waals surface area contributed by atoms with E-state index in [0.717, 1.165) is 33.0 Å². The number of amides is 2. The number of methoxy groups -OCH3 is 1. The lowest BCUT2D eigenvalue weighted by atomic mass is 9.64. The molecule has 7 rings (SSSR count). The SMILES string of the molecule is COc1ccc([C@@H]2C=C3c4ccc(C)cc4OC(=O)[C@@H]3[C@H]3C(=O)N(c4cccc5ccccc45)C(=O)[C@@H]32)cc1. The molecule has 1 fully saturated rings. The highest BCUT2D eigenvalue weighted by Gasteiger charge is 2.60. The van der Waals surface area contributed by atoms with Crippen LogP contribution < -0.4 is 14.4 Å². The molecule has 6 nitrogen and oxygen atoms in total. The highest BCUT2D eigenvalue weighted by Crippen LogP contribution is 2.55. The van der Waals surface area contributed by atoms with Crippen molar-refractivity contribution in [3.63, 3.8) is 0 Å². The molecule has 0 bridgehead atoms. The van der Waals surface area contributed by atoms with Gasteiger partial charge < -0.3 is 9.47 Å². The second-order valence-electron chi connectivity index (χ2n) is 10.4. The zero-order valence-electron chi connectivity index (χ0n) is 21.5. The molecule has 3 aliphatic rings. The molecule has 2 aliphatic heterocycles. The molecule has 39 heavy (non-hydrogen) atoms. The average molecular weight is 516 g/mol. The average Bonchev–Trinajstić information content (AvgIpc) is 3.21. The Bertz CT molecular complexity index is 1710. The molecule has 1 aliphatic carbocycles. The van der Waals surface area contributed by atoms with Gasteiger partial charge in [-0.25, -0.2) is 4.90 Å². The van der Waals surface area contributed by atoms with Crippen LogP contribution in [0.3, 0.4) is 0 Å². The van der Waals surface area contributed by atoms with Crippen LogP contribution in [0.2, 0.25) is 0 Å². The highest BCUT2D eigenvalue weighted by molar-refractivity contribution is 6.27. The molecular formula is C33H25NO5. The maximum atomic E-state index is 14.3. The lowest BCUT2D eigenvalue weighted by Crippen LogP contribution is -2.42. The van der Waals surface area contributed by atoms with E-state index < -0.39 is 29.6 Å². The maximum absolute atomic E-state index is 14.3. The van der Waals surface area contributed by atoms with Crippen molar-refractivity contribution in [2.24, 2.45) is 17.8 Å². The van der Waals surface area contributed by atoms with Crippen molar-refractivity contribution in [3.05, 3.63) is 108 Å². The van der Waals surface area contributed by atoms with Gasteiger partial charge in [0.15, 0.2) is 0 Å². The van der Waals surface area contributed by atoms with Crippen LogP contribution in [0.15, 0.2) is 91.0 Å². The van der Waals surface area contributed by atoms with Crippen molar-refractivity contribution < 1.29 is 23.9 Å². The molecule has 0 saturated carbocycles. The fourth-order valence-electron chi connectivity index (χ4n) is 6.46. The fraction of sp³-hybridized carbons (Fsp3) is 0.182. The standard InChI is InChI=1S/C33H25NO5/c1-18-10-15-23-25-17-24(20-11-13-21(38-2)14-12-20)28-30(29(25)33(37)39-27(23)16-18)32(36)34(31(28)35)26-9-5-7-19-6-3-4-8-22(19)26/h3-17,24,28-30H,1-2H3/t24-,28+,29-,30-/m0/s1. The molecule has 192 valence electrons. The van der Waals surface area contributed by atoms with E-state index in [-0.39, 0.29) is 11.8 Å². The molecule has 2 amide bonds. The topological polar surface area (TPSA) is 72.9 Å². The summed E-state index contributed by atoms with van der Waals surface area (Å²) in [7, 11) is 1.60. The van der Waals surface area contributed by atoms with Crippen molar-refractivity contribution in [2.75, 3.05) is 12.0 Å². The summed E-state index contributed by atoms with van der Waals surface area (Å²) in [5.74, 6) is -2.91. The normalized spacial score (nSPS) is 23.6. The summed E-state index contributed by atoms with van der Waals surface area (Å²) in [4.78, 5) is 43.4. The predicted octanol–water partition coefficient (Wildman–Crippen LogP) is 5.68. The molecule has 0 N–H and O–H groups in total. The molecule has 0 radical (unpaired) electrons. The van der Waals surface area contributed by atoms with Crippen LogP contribution in [0, 0.1) is 24.7 Å². The van der Waals surface area contributed by atoms with E-state index in [1.165, 1.54) is 4.90 Å². The Morgan fingerprint density at radius 3 is 2.36 bits per heavy atom. The summed E-state index contributed by atoms with van der Waals surface area (Å²) in [6.07, 6.45) is 2.00. The number of imide groups is 1. The van der Waals surface area contributed by atoms with E-state index in [1.807, 2.05) is 91.9 Å². The number of esters is 1. The molecule has 0 spiro atoms. The molecule has 4 aromatic rings. The summed E-state index contributed by atoms with van der Waals surface area (Å²) in [5.41, 5.74) is 3.91. The zero-order chi connectivity index (χ0) is 26.8. The fourth-order valence-corrected chi connectivity index (χ4v) is 6.46. The van der Waals surface area contributed by atoms with Gasteiger partial charge in [-0.15, -0.1) is 0 Å². The smallest absolute Gasteiger partial charge is 0.319 e.